The number of aryl methyl sites for hydroxylation is 1. The van der Waals surface area contributed by atoms with Crippen LogP contribution in [0.25, 0.3) is 0 Å². The van der Waals surface area contributed by atoms with Gasteiger partial charge in [-0.05, 0) is 30.2 Å². The molecule has 0 amide bonds. The normalized spacial score (nSPS) is 12.1. The van der Waals surface area contributed by atoms with Crippen molar-refractivity contribution in [1.82, 2.24) is 0 Å². The molecule has 0 aliphatic carbocycles. The Labute approximate surface area is 119 Å². The van der Waals surface area contributed by atoms with E-state index in [0.717, 1.165) is 5.56 Å². The average Bonchev–Trinajstić information content (AvgIpc) is 2.41. The molecular formula is C14H14N2O3S. The zero-order valence-electron chi connectivity index (χ0n) is 10.9. The molecule has 6 heteroatoms. The molecule has 0 radical (unpaired) electrons. The van der Waals surface area contributed by atoms with E-state index >= 15 is 0 Å². The second-order valence-electron chi connectivity index (χ2n) is 4.44. The molecule has 0 aliphatic rings. The average molecular weight is 290 g/mol. The summed E-state index contributed by atoms with van der Waals surface area (Å²) in [6.45, 7) is 1.86. The molecule has 0 fully saturated rings. The highest BCUT2D eigenvalue weighted by molar-refractivity contribution is 7.84. The van der Waals surface area contributed by atoms with E-state index in [1.165, 1.54) is 12.1 Å². The van der Waals surface area contributed by atoms with E-state index in [1.807, 2.05) is 13.0 Å². The maximum atomic E-state index is 12.4. The number of hydrogen-bond acceptors (Lipinski definition) is 4. The number of rotatable bonds is 4. The second-order valence-corrected chi connectivity index (χ2v) is 5.86. The van der Waals surface area contributed by atoms with Gasteiger partial charge in [0.25, 0.3) is 5.69 Å². The SMILES string of the molecule is Cc1ccc(N)cc1S(=O)Cc1cccc([N+](=O)[O-])c1. The van der Waals surface area contributed by atoms with E-state index in [0.29, 0.717) is 16.1 Å². The molecule has 0 aliphatic heterocycles. The molecule has 2 aromatic carbocycles. The van der Waals surface area contributed by atoms with Crippen LogP contribution in [0.1, 0.15) is 11.1 Å². The van der Waals surface area contributed by atoms with E-state index < -0.39 is 15.7 Å². The minimum absolute atomic E-state index is 0.00352. The van der Waals surface area contributed by atoms with Crippen LogP contribution in [0.5, 0.6) is 0 Å². The molecule has 0 saturated carbocycles. The maximum Gasteiger partial charge on any atom is 0.269 e. The van der Waals surface area contributed by atoms with Gasteiger partial charge in [0.05, 0.1) is 21.5 Å². The van der Waals surface area contributed by atoms with Crippen LogP contribution in [0.2, 0.25) is 0 Å². The summed E-state index contributed by atoms with van der Waals surface area (Å²) in [6, 6.07) is 11.4. The Morgan fingerprint density at radius 1 is 1.25 bits per heavy atom. The monoisotopic (exact) mass is 290 g/mol. The molecule has 0 aromatic heterocycles. The summed E-state index contributed by atoms with van der Waals surface area (Å²) < 4.78 is 12.4. The van der Waals surface area contributed by atoms with Crippen LogP contribution in [0, 0.1) is 17.0 Å². The van der Waals surface area contributed by atoms with Gasteiger partial charge in [0.2, 0.25) is 0 Å². The van der Waals surface area contributed by atoms with Gasteiger partial charge in [-0.1, -0.05) is 18.2 Å². The zero-order valence-corrected chi connectivity index (χ0v) is 11.7. The fraction of sp³-hybridized carbons (Fsp3) is 0.143. The largest absolute Gasteiger partial charge is 0.399 e. The molecule has 1 atom stereocenters. The number of non-ortho nitro benzene ring substituents is 1. The van der Waals surface area contributed by atoms with E-state index in [1.54, 1.807) is 24.3 Å². The quantitative estimate of drug-likeness (QED) is 0.533. The first kappa shape index (κ1) is 14.2. The van der Waals surface area contributed by atoms with Gasteiger partial charge < -0.3 is 5.73 Å². The standard InChI is InChI=1S/C14H14N2O3S/c1-10-5-6-12(15)8-14(10)20(19)9-11-3-2-4-13(7-11)16(17)18/h2-8H,9,15H2,1H3. The number of nitrogen functional groups attached to an aromatic ring is 1. The highest BCUT2D eigenvalue weighted by Crippen LogP contribution is 2.21. The predicted molar refractivity (Wildman–Crippen MR) is 78.8 cm³/mol. The molecule has 104 valence electrons. The first-order valence-electron chi connectivity index (χ1n) is 5.95. The molecule has 2 N–H and O–H groups in total. The van der Waals surface area contributed by atoms with Crippen molar-refractivity contribution in [1.29, 1.82) is 0 Å². The molecule has 2 rings (SSSR count). The summed E-state index contributed by atoms with van der Waals surface area (Å²) >= 11 is 0. The van der Waals surface area contributed by atoms with Crippen molar-refractivity contribution >= 4 is 22.2 Å². The minimum Gasteiger partial charge on any atom is -0.399 e. The summed E-state index contributed by atoms with van der Waals surface area (Å²) in [6.07, 6.45) is 0. The van der Waals surface area contributed by atoms with E-state index in [2.05, 4.69) is 0 Å². The summed E-state index contributed by atoms with van der Waals surface area (Å²) in [4.78, 5) is 10.9. The molecule has 0 saturated heterocycles. The number of nitrogens with two attached hydrogens (primary N) is 1. The predicted octanol–water partition coefficient (Wildman–Crippen LogP) is 2.79. The number of anilines is 1. The Hall–Kier alpha value is -2.21. The third-order valence-electron chi connectivity index (χ3n) is 2.88. The van der Waals surface area contributed by atoms with Crippen LogP contribution in [0.15, 0.2) is 47.4 Å². The lowest BCUT2D eigenvalue weighted by Gasteiger charge is -2.07. The summed E-state index contributed by atoms with van der Waals surface area (Å²) in [5.74, 6) is 0.228. The van der Waals surface area contributed by atoms with Crippen molar-refractivity contribution in [3.63, 3.8) is 0 Å². The minimum atomic E-state index is -1.28. The Bertz CT molecular complexity index is 686. The first-order valence-corrected chi connectivity index (χ1v) is 7.27. The highest BCUT2D eigenvalue weighted by Gasteiger charge is 2.11. The van der Waals surface area contributed by atoms with Crippen LogP contribution in [0.3, 0.4) is 0 Å². The van der Waals surface area contributed by atoms with Crippen molar-refractivity contribution in [3.05, 3.63) is 63.7 Å². The molecule has 0 bridgehead atoms. The molecule has 5 nitrogen and oxygen atoms in total. The molecule has 20 heavy (non-hydrogen) atoms. The topological polar surface area (TPSA) is 86.2 Å². The zero-order chi connectivity index (χ0) is 14.7. The van der Waals surface area contributed by atoms with Gasteiger partial charge in [0.1, 0.15) is 0 Å². The lowest BCUT2D eigenvalue weighted by molar-refractivity contribution is -0.384. The van der Waals surface area contributed by atoms with Crippen molar-refractivity contribution in [2.24, 2.45) is 0 Å². The van der Waals surface area contributed by atoms with Gasteiger partial charge in [-0.25, -0.2) is 0 Å². The van der Waals surface area contributed by atoms with Gasteiger partial charge in [-0.15, -0.1) is 0 Å². The Morgan fingerprint density at radius 3 is 2.70 bits per heavy atom. The number of nitro groups is 1. The fourth-order valence-corrected chi connectivity index (χ4v) is 3.18. The molecule has 2 aromatic rings. The summed E-state index contributed by atoms with van der Waals surface area (Å²) in [7, 11) is -1.28. The Morgan fingerprint density at radius 2 is 2.00 bits per heavy atom. The van der Waals surface area contributed by atoms with Crippen LogP contribution >= 0.6 is 0 Å². The third kappa shape index (κ3) is 3.21. The van der Waals surface area contributed by atoms with Gasteiger partial charge >= 0.3 is 0 Å². The lowest BCUT2D eigenvalue weighted by atomic mass is 10.2. The van der Waals surface area contributed by atoms with E-state index in [9.17, 15) is 14.3 Å². The Balaban J connectivity index is 2.25. The number of nitro benzene ring substituents is 1. The summed E-state index contributed by atoms with van der Waals surface area (Å²) in [5, 5.41) is 10.7. The van der Waals surface area contributed by atoms with Crippen LogP contribution in [-0.2, 0) is 16.6 Å². The van der Waals surface area contributed by atoms with Crippen molar-refractivity contribution in [2.75, 3.05) is 5.73 Å². The molecule has 1 unspecified atom stereocenters. The van der Waals surface area contributed by atoms with Gasteiger partial charge in [-0.3, -0.25) is 14.3 Å². The molecule has 0 spiro atoms. The van der Waals surface area contributed by atoms with Gasteiger partial charge in [0.15, 0.2) is 0 Å². The van der Waals surface area contributed by atoms with Crippen LogP contribution in [0.4, 0.5) is 11.4 Å². The maximum absolute atomic E-state index is 12.4. The lowest BCUT2D eigenvalue weighted by Crippen LogP contribution is -2.01. The van der Waals surface area contributed by atoms with Crippen molar-refractivity contribution < 1.29 is 9.13 Å². The second kappa shape index (κ2) is 5.83. The van der Waals surface area contributed by atoms with Gasteiger partial charge in [-0.2, -0.15) is 0 Å². The van der Waals surface area contributed by atoms with Crippen LogP contribution < -0.4 is 5.73 Å². The smallest absolute Gasteiger partial charge is 0.269 e. The van der Waals surface area contributed by atoms with Crippen molar-refractivity contribution in [2.45, 2.75) is 17.6 Å². The number of hydrogen-bond donors (Lipinski definition) is 1. The van der Waals surface area contributed by atoms with E-state index in [4.69, 9.17) is 5.73 Å². The van der Waals surface area contributed by atoms with Gasteiger partial charge in [0, 0.05) is 22.7 Å². The van der Waals surface area contributed by atoms with Crippen molar-refractivity contribution in [3.8, 4) is 0 Å². The number of benzene rings is 2. The van der Waals surface area contributed by atoms with E-state index in [-0.39, 0.29) is 11.4 Å². The van der Waals surface area contributed by atoms with Crippen LogP contribution in [-0.4, -0.2) is 9.13 Å². The summed E-state index contributed by atoms with van der Waals surface area (Å²) in [5.41, 5.74) is 7.81. The molecular weight excluding hydrogens is 276 g/mol. The third-order valence-corrected chi connectivity index (χ3v) is 4.40. The number of nitrogens with zero attached hydrogens (tertiary/aromatic N) is 1. The highest BCUT2D eigenvalue weighted by atomic mass is 32.2. The fourth-order valence-electron chi connectivity index (χ4n) is 1.85. The first-order chi connectivity index (χ1) is 9.47. The Kier molecular flexibility index (Phi) is 4.14. The molecule has 0 heterocycles.